The number of nitrogens with zero attached hydrogens (tertiary/aromatic N) is 4. The average Bonchev–Trinajstić information content (AvgIpc) is 2.62. The molecule has 0 radical (unpaired) electrons. The fourth-order valence-electron chi connectivity index (χ4n) is 1.24. The molecule has 7 nitrogen and oxygen atoms in total. The van der Waals surface area contributed by atoms with Crippen molar-refractivity contribution in [2.24, 2.45) is 5.73 Å². The van der Waals surface area contributed by atoms with Gasteiger partial charge in [0.15, 0.2) is 5.65 Å². The zero-order chi connectivity index (χ0) is 10.8. The summed E-state index contributed by atoms with van der Waals surface area (Å²) in [6, 6.07) is -0.961. The minimum absolute atomic E-state index is 0.142. The van der Waals surface area contributed by atoms with Gasteiger partial charge in [-0.05, 0) is 0 Å². The van der Waals surface area contributed by atoms with E-state index < -0.39 is 12.0 Å². The summed E-state index contributed by atoms with van der Waals surface area (Å²) in [6.07, 6.45) is 4.44. The molecule has 0 fully saturated rings. The SMILES string of the molecule is NC(Cn1cnc2cncnc21)C(=O)O. The Labute approximate surface area is 84.6 Å². The van der Waals surface area contributed by atoms with Gasteiger partial charge in [0.25, 0.3) is 0 Å². The summed E-state index contributed by atoms with van der Waals surface area (Å²) in [6.45, 7) is 0.142. The molecule has 0 saturated carbocycles. The lowest BCUT2D eigenvalue weighted by molar-refractivity contribution is -0.138. The van der Waals surface area contributed by atoms with Crippen molar-refractivity contribution < 1.29 is 9.90 Å². The van der Waals surface area contributed by atoms with Gasteiger partial charge in [0, 0.05) is 0 Å². The van der Waals surface area contributed by atoms with Crippen molar-refractivity contribution in [2.75, 3.05) is 0 Å². The quantitative estimate of drug-likeness (QED) is 0.684. The lowest BCUT2D eigenvalue weighted by atomic mass is 10.3. The smallest absolute Gasteiger partial charge is 0.322 e. The van der Waals surface area contributed by atoms with Crippen molar-refractivity contribution >= 4 is 17.1 Å². The number of imidazole rings is 1. The van der Waals surface area contributed by atoms with Gasteiger partial charge in [0.05, 0.1) is 19.1 Å². The van der Waals surface area contributed by atoms with Crippen LogP contribution in [0.4, 0.5) is 0 Å². The second-order valence-corrected chi connectivity index (χ2v) is 3.07. The minimum Gasteiger partial charge on any atom is -0.480 e. The van der Waals surface area contributed by atoms with Gasteiger partial charge in [0.1, 0.15) is 17.9 Å². The summed E-state index contributed by atoms with van der Waals surface area (Å²) >= 11 is 0. The lowest BCUT2D eigenvalue weighted by Gasteiger charge is -2.06. The first-order chi connectivity index (χ1) is 7.18. The Kier molecular flexibility index (Phi) is 2.30. The van der Waals surface area contributed by atoms with Crippen LogP contribution in [0.2, 0.25) is 0 Å². The number of hydrogen-bond acceptors (Lipinski definition) is 5. The number of aliphatic carboxylic acids is 1. The van der Waals surface area contributed by atoms with Gasteiger partial charge < -0.3 is 15.4 Å². The normalized spacial score (nSPS) is 12.9. The molecule has 0 spiro atoms. The predicted molar refractivity (Wildman–Crippen MR) is 50.9 cm³/mol. The number of aromatic nitrogens is 4. The van der Waals surface area contributed by atoms with Gasteiger partial charge in [-0.2, -0.15) is 0 Å². The maximum absolute atomic E-state index is 10.6. The molecule has 0 aliphatic rings. The molecular formula is C8H9N5O2. The predicted octanol–water partition coefficient (Wildman–Crippen LogP) is -0.762. The van der Waals surface area contributed by atoms with E-state index in [2.05, 4.69) is 15.0 Å². The molecule has 7 heteroatoms. The maximum Gasteiger partial charge on any atom is 0.322 e. The fourth-order valence-corrected chi connectivity index (χ4v) is 1.24. The monoisotopic (exact) mass is 207 g/mol. The molecule has 3 N–H and O–H groups in total. The molecule has 2 heterocycles. The van der Waals surface area contributed by atoms with Crippen LogP contribution in [0.5, 0.6) is 0 Å². The topological polar surface area (TPSA) is 107 Å². The molecule has 0 aliphatic heterocycles. The highest BCUT2D eigenvalue weighted by Crippen LogP contribution is 2.07. The summed E-state index contributed by atoms with van der Waals surface area (Å²) in [4.78, 5) is 22.4. The summed E-state index contributed by atoms with van der Waals surface area (Å²) in [5.74, 6) is -1.05. The molecular weight excluding hydrogens is 198 g/mol. The van der Waals surface area contributed by atoms with E-state index in [0.29, 0.717) is 11.2 Å². The van der Waals surface area contributed by atoms with Crippen molar-refractivity contribution in [3.63, 3.8) is 0 Å². The first-order valence-corrected chi connectivity index (χ1v) is 4.27. The lowest BCUT2D eigenvalue weighted by Crippen LogP contribution is -2.34. The van der Waals surface area contributed by atoms with E-state index in [0.717, 1.165) is 0 Å². The van der Waals surface area contributed by atoms with Crippen molar-refractivity contribution in [3.8, 4) is 0 Å². The highest BCUT2D eigenvalue weighted by atomic mass is 16.4. The highest BCUT2D eigenvalue weighted by molar-refractivity contribution is 5.74. The Morgan fingerprint density at radius 2 is 2.40 bits per heavy atom. The van der Waals surface area contributed by atoms with E-state index in [-0.39, 0.29) is 6.54 Å². The van der Waals surface area contributed by atoms with Gasteiger partial charge in [-0.25, -0.2) is 15.0 Å². The van der Waals surface area contributed by atoms with Crippen LogP contribution in [-0.2, 0) is 11.3 Å². The molecule has 0 bridgehead atoms. The van der Waals surface area contributed by atoms with Crippen LogP contribution >= 0.6 is 0 Å². The summed E-state index contributed by atoms with van der Waals surface area (Å²) in [5.41, 5.74) is 6.61. The van der Waals surface area contributed by atoms with E-state index in [1.165, 1.54) is 12.7 Å². The van der Waals surface area contributed by atoms with Crippen LogP contribution in [0.1, 0.15) is 0 Å². The third-order valence-electron chi connectivity index (χ3n) is 1.99. The number of carboxylic acids is 1. The van der Waals surface area contributed by atoms with E-state index >= 15 is 0 Å². The van der Waals surface area contributed by atoms with E-state index in [1.54, 1.807) is 10.8 Å². The summed E-state index contributed by atoms with van der Waals surface area (Å²) in [5, 5.41) is 8.66. The number of carboxylic acid groups (broad SMARTS) is 1. The molecule has 1 atom stereocenters. The molecule has 15 heavy (non-hydrogen) atoms. The van der Waals surface area contributed by atoms with Crippen molar-refractivity contribution in [2.45, 2.75) is 12.6 Å². The van der Waals surface area contributed by atoms with Gasteiger partial charge in [-0.15, -0.1) is 0 Å². The summed E-state index contributed by atoms with van der Waals surface area (Å²) < 4.78 is 1.59. The number of fused-ring (bicyclic) bond motifs is 1. The molecule has 0 amide bonds. The Morgan fingerprint density at radius 3 is 3.13 bits per heavy atom. The Morgan fingerprint density at radius 1 is 1.60 bits per heavy atom. The first kappa shape index (κ1) is 9.53. The third kappa shape index (κ3) is 1.77. The van der Waals surface area contributed by atoms with Crippen LogP contribution in [0.25, 0.3) is 11.2 Å². The van der Waals surface area contributed by atoms with E-state index in [1.807, 2.05) is 0 Å². The summed E-state index contributed by atoms with van der Waals surface area (Å²) in [7, 11) is 0. The molecule has 2 aromatic rings. The highest BCUT2D eigenvalue weighted by Gasteiger charge is 2.13. The van der Waals surface area contributed by atoms with Gasteiger partial charge in [0.2, 0.25) is 0 Å². The van der Waals surface area contributed by atoms with E-state index in [9.17, 15) is 4.79 Å². The van der Waals surface area contributed by atoms with Crippen LogP contribution in [0.3, 0.4) is 0 Å². The standard InChI is InChI=1S/C8H9N5O2/c9-5(8(14)15)2-13-4-12-6-1-10-3-11-7(6)13/h1,3-5H,2,9H2,(H,14,15). The number of rotatable bonds is 3. The van der Waals surface area contributed by atoms with Crippen molar-refractivity contribution in [1.82, 2.24) is 19.5 Å². The molecule has 2 rings (SSSR count). The zero-order valence-corrected chi connectivity index (χ0v) is 7.74. The first-order valence-electron chi connectivity index (χ1n) is 4.27. The van der Waals surface area contributed by atoms with Crippen LogP contribution in [0.15, 0.2) is 18.9 Å². The van der Waals surface area contributed by atoms with Gasteiger partial charge >= 0.3 is 5.97 Å². The average molecular weight is 207 g/mol. The maximum atomic E-state index is 10.6. The van der Waals surface area contributed by atoms with E-state index in [4.69, 9.17) is 10.8 Å². The Bertz CT molecular complexity index is 494. The molecule has 0 saturated heterocycles. The Balaban J connectivity index is 2.32. The van der Waals surface area contributed by atoms with Gasteiger partial charge in [-0.3, -0.25) is 4.79 Å². The zero-order valence-electron chi connectivity index (χ0n) is 7.74. The minimum atomic E-state index is -1.05. The van der Waals surface area contributed by atoms with Gasteiger partial charge in [-0.1, -0.05) is 0 Å². The van der Waals surface area contributed by atoms with Crippen molar-refractivity contribution in [3.05, 3.63) is 18.9 Å². The van der Waals surface area contributed by atoms with Crippen LogP contribution < -0.4 is 5.73 Å². The molecule has 78 valence electrons. The van der Waals surface area contributed by atoms with Crippen LogP contribution in [0, 0.1) is 0 Å². The second kappa shape index (κ2) is 3.62. The Hall–Kier alpha value is -2.02. The molecule has 1 unspecified atom stereocenters. The largest absolute Gasteiger partial charge is 0.480 e. The molecule has 0 aromatic carbocycles. The number of carbonyl (C=O) groups is 1. The third-order valence-corrected chi connectivity index (χ3v) is 1.99. The second-order valence-electron chi connectivity index (χ2n) is 3.07. The fraction of sp³-hybridized carbons (Fsp3) is 0.250. The molecule has 0 aliphatic carbocycles. The van der Waals surface area contributed by atoms with Crippen molar-refractivity contribution in [1.29, 1.82) is 0 Å². The van der Waals surface area contributed by atoms with Crippen LogP contribution in [-0.4, -0.2) is 36.6 Å². The number of nitrogens with two attached hydrogens (primary N) is 1. The number of hydrogen-bond donors (Lipinski definition) is 2. The molecule has 2 aromatic heterocycles.